The average molecular weight is 855 g/mol. The lowest BCUT2D eigenvalue weighted by atomic mass is 9.67. The van der Waals surface area contributed by atoms with Crippen LogP contribution in [0.4, 0.5) is 17.1 Å². The monoisotopic (exact) mass is 854 g/mol. The molecule has 300 valence electrons. The lowest BCUT2D eigenvalue weighted by molar-refractivity contribution is 0.711. The lowest BCUT2D eigenvalue weighted by Crippen LogP contribution is -2.32. The van der Waals surface area contributed by atoms with Crippen molar-refractivity contribution in [2.24, 2.45) is 0 Å². The molecule has 0 saturated heterocycles. The molecule has 1 unspecified atom stereocenters. The van der Waals surface area contributed by atoms with Crippen LogP contribution in [0.3, 0.4) is 0 Å². The number of benzene rings is 7. The molecule has 2 aliphatic heterocycles. The van der Waals surface area contributed by atoms with Gasteiger partial charge < -0.3 is 4.90 Å². The van der Waals surface area contributed by atoms with Crippen LogP contribution in [0.25, 0.3) is 56.7 Å². The molecule has 8 heteroatoms. The van der Waals surface area contributed by atoms with Crippen LogP contribution in [0.2, 0.25) is 0 Å². The number of aromatic nitrogens is 5. The molecule has 1 spiro atoms. The summed E-state index contributed by atoms with van der Waals surface area (Å²) in [4.78, 5) is 33.1. The van der Waals surface area contributed by atoms with Crippen LogP contribution in [-0.2, 0) is 5.41 Å². The van der Waals surface area contributed by atoms with Gasteiger partial charge in [0.2, 0.25) is 0 Å². The molecular formula is C56H34N6S2. The fourth-order valence-corrected chi connectivity index (χ4v) is 12.3. The maximum Gasteiger partial charge on any atom is 0.164 e. The van der Waals surface area contributed by atoms with Crippen LogP contribution < -0.4 is 4.90 Å². The smallest absolute Gasteiger partial charge is 0.164 e. The first-order chi connectivity index (χ1) is 31.7. The van der Waals surface area contributed by atoms with E-state index in [-0.39, 0.29) is 0 Å². The van der Waals surface area contributed by atoms with E-state index in [1.807, 2.05) is 96.6 Å². The van der Waals surface area contributed by atoms with E-state index in [4.69, 9.17) is 24.9 Å². The summed E-state index contributed by atoms with van der Waals surface area (Å²) in [7, 11) is 0. The Morgan fingerprint density at radius 3 is 1.75 bits per heavy atom. The van der Waals surface area contributed by atoms with Crippen molar-refractivity contribution >= 4 is 40.6 Å². The van der Waals surface area contributed by atoms with Gasteiger partial charge in [-0.25, -0.2) is 15.0 Å². The molecule has 0 bridgehead atoms. The maximum atomic E-state index is 5.37. The third-order valence-electron chi connectivity index (χ3n) is 12.5. The number of hydrogen-bond acceptors (Lipinski definition) is 8. The molecule has 0 fully saturated rings. The van der Waals surface area contributed by atoms with Crippen LogP contribution in [-0.4, -0.2) is 24.9 Å². The topological polar surface area (TPSA) is 67.7 Å². The molecule has 5 heterocycles. The first kappa shape index (κ1) is 37.0. The molecule has 1 atom stereocenters. The van der Waals surface area contributed by atoms with E-state index in [1.165, 1.54) is 42.1 Å². The second kappa shape index (κ2) is 14.7. The zero-order valence-corrected chi connectivity index (χ0v) is 35.8. The molecule has 0 N–H and O–H groups in total. The molecule has 64 heavy (non-hydrogen) atoms. The maximum absolute atomic E-state index is 5.37. The summed E-state index contributed by atoms with van der Waals surface area (Å²) in [6.07, 6.45) is 3.89. The molecular weight excluding hydrogens is 821 g/mol. The van der Waals surface area contributed by atoms with E-state index >= 15 is 0 Å². The van der Waals surface area contributed by atoms with E-state index in [0.717, 1.165) is 56.0 Å². The number of nitrogens with zero attached hydrogens (tertiary/aromatic N) is 6. The van der Waals surface area contributed by atoms with Gasteiger partial charge in [0, 0.05) is 60.6 Å². The van der Waals surface area contributed by atoms with Gasteiger partial charge >= 0.3 is 0 Å². The third kappa shape index (κ3) is 5.59. The number of fused-ring (bicyclic) bond motifs is 12. The van der Waals surface area contributed by atoms with Crippen LogP contribution in [0.1, 0.15) is 22.3 Å². The van der Waals surface area contributed by atoms with Crippen LogP contribution in [0.5, 0.6) is 0 Å². The number of pyridine rings is 2. The molecule has 10 aromatic rings. The zero-order valence-electron chi connectivity index (χ0n) is 34.1. The summed E-state index contributed by atoms with van der Waals surface area (Å²) < 4.78 is 0. The van der Waals surface area contributed by atoms with Crippen LogP contribution >= 0.6 is 23.5 Å². The first-order valence-corrected chi connectivity index (χ1v) is 22.9. The summed E-state index contributed by atoms with van der Waals surface area (Å²) in [5.41, 5.74) is 14.0. The minimum atomic E-state index is -0.702. The van der Waals surface area contributed by atoms with Gasteiger partial charge in [0.05, 0.1) is 33.1 Å². The van der Waals surface area contributed by atoms with Crippen LogP contribution in [0.15, 0.2) is 226 Å². The molecule has 0 radical (unpaired) electrons. The largest absolute Gasteiger partial charge is 0.308 e. The number of para-hydroxylation sites is 2. The summed E-state index contributed by atoms with van der Waals surface area (Å²) >= 11 is 3.73. The molecule has 6 nitrogen and oxygen atoms in total. The molecule has 1 aliphatic carbocycles. The fraction of sp³-hybridized carbons (Fsp3) is 0.0179. The zero-order chi connectivity index (χ0) is 42.2. The summed E-state index contributed by atoms with van der Waals surface area (Å²) in [6.45, 7) is 0. The second-order valence-corrected chi connectivity index (χ2v) is 18.1. The number of hydrogen-bond donors (Lipinski definition) is 0. The van der Waals surface area contributed by atoms with E-state index in [0.29, 0.717) is 17.5 Å². The first-order valence-electron chi connectivity index (χ1n) is 21.2. The van der Waals surface area contributed by atoms with Crippen molar-refractivity contribution in [3.63, 3.8) is 0 Å². The summed E-state index contributed by atoms with van der Waals surface area (Å²) in [5.74, 6) is 1.84. The van der Waals surface area contributed by atoms with E-state index in [9.17, 15) is 0 Å². The number of anilines is 3. The molecule has 13 rings (SSSR count). The van der Waals surface area contributed by atoms with E-state index in [2.05, 4.69) is 138 Å². The van der Waals surface area contributed by atoms with Crippen molar-refractivity contribution in [2.75, 3.05) is 4.90 Å². The van der Waals surface area contributed by atoms with Crippen molar-refractivity contribution in [3.05, 3.63) is 229 Å². The highest BCUT2D eigenvalue weighted by molar-refractivity contribution is 8.02. The normalized spacial score (nSPS) is 15.1. The fourth-order valence-electron chi connectivity index (χ4n) is 9.73. The molecule has 0 amide bonds. The standard InChI is InChI=1S/C56H34N6S2/c1-4-17-35(18-5-1)53-59-54(36-19-6-2-7-20-36)61-55(60-53)40-24-11-10-23-39(40)37-33-44-50(58-34-37)49-42(26-16-32-57-49)56(44)41-25-12-14-28-47(41)63-51-43(56)30-31-46-52(51)64-48-29-15-13-27-45(48)62(46)38-21-8-3-9-22-38/h1-34H. The SMILES string of the molecule is c1ccc(-c2nc(-c3ccccc3)nc(-c3ccccc3-c3cnc4c(c3)C3(c5ccccc5Sc5c3ccc3c5Sc5ccccc5N3c3ccccc3)c3cccnc3-4)n2)cc1. The second-order valence-electron chi connectivity index (χ2n) is 16.0. The van der Waals surface area contributed by atoms with Gasteiger partial charge in [-0.2, -0.15) is 0 Å². The van der Waals surface area contributed by atoms with Gasteiger partial charge in [-0.3, -0.25) is 9.97 Å². The molecule has 3 aromatic heterocycles. The van der Waals surface area contributed by atoms with Crippen molar-refractivity contribution in [1.29, 1.82) is 0 Å². The minimum absolute atomic E-state index is 0.597. The minimum Gasteiger partial charge on any atom is -0.308 e. The van der Waals surface area contributed by atoms with Gasteiger partial charge in [0.25, 0.3) is 0 Å². The quantitative estimate of drug-likeness (QED) is 0.170. The molecule has 7 aromatic carbocycles. The average Bonchev–Trinajstić information content (AvgIpc) is 3.66. The number of rotatable bonds is 5. The third-order valence-corrected chi connectivity index (χ3v) is 15.0. The van der Waals surface area contributed by atoms with Gasteiger partial charge in [-0.15, -0.1) is 0 Å². The Labute approximate surface area is 378 Å². The highest BCUT2D eigenvalue weighted by atomic mass is 32.2. The Morgan fingerprint density at radius 1 is 0.391 bits per heavy atom. The Balaban J connectivity index is 1.04. The lowest BCUT2D eigenvalue weighted by Gasteiger charge is -2.42. The van der Waals surface area contributed by atoms with Crippen molar-refractivity contribution < 1.29 is 0 Å². The van der Waals surface area contributed by atoms with E-state index in [1.54, 1.807) is 0 Å². The molecule has 3 aliphatic rings. The van der Waals surface area contributed by atoms with Crippen molar-refractivity contribution in [1.82, 2.24) is 24.9 Å². The highest BCUT2D eigenvalue weighted by Gasteiger charge is 2.52. The van der Waals surface area contributed by atoms with E-state index < -0.39 is 5.41 Å². The predicted octanol–water partition coefficient (Wildman–Crippen LogP) is 14.1. The van der Waals surface area contributed by atoms with Crippen molar-refractivity contribution in [3.8, 4) is 56.7 Å². The molecule has 0 saturated carbocycles. The van der Waals surface area contributed by atoms with Gasteiger partial charge in [0.15, 0.2) is 17.5 Å². The summed E-state index contributed by atoms with van der Waals surface area (Å²) in [5, 5.41) is 0. The Bertz CT molecular complexity index is 3410. The Kier molecular flexibility index (Phi) is 8.51. The Hall–Kier alpha value is -7.65. The Morgan fingerprint density at radius 2 is 0.984 bits per heavy atom. The van der Waals surface area contributed by atoms with Gasteiger partial charge in [-0.1, -0.05) is 169 Å². The van der Waals surface area contributed by atoms with Gasteiger partial charge in [-0.05, 0) is 70.8 Å². The highest BCUT2D eigenvalue weighted by Crippen LogP contribution is 2.65. The summed E-state index contributed by atoms with van der Waals surface area (Å²) in [6, 6.07) is 68.4. The predicted molar refractivity (Wildman–Crippen MR) is 257 cm³/mol. The van der Waals surface area contributed by atoms with Crippen LogP contribution in [0, 0.1) is 0 Å². The van der Waals surface area contributed by atoms with Crippen molar-refractivity contribution in [2.45, 2.75) is 25.0 Å². The van der Waals surface area contributed by atoms with Gasteiger partial charge in [0.1, 0.15) is 0 Å².